The van der Waals surface area contributed by atoms with Crippen LogP contribution in [0.3, 0.4) is 0 Å². The summed E-state index contributed by atoms with van der Waals surface area (Å²) in [5.41, 5.74) is 16.4. The highest BCUT2D eigenvalue weighted by Gasteiger charge is 2.18. The van der Waals surface area contributed by atoms with E-state index in [-0.39, 0.29) is 5.96 Å². The molecule has 70 valence electrons. The first-order valence-electron chi connectivity index (χ1n) is 3.97. The second-order valence-corrected chi connectivity index (χ2v) is 3.05. The van der Waals surface area contributed by atoms with E-state index in [4.69, 9.17) is 17.2 Å². The summed E-state index contributed by atoms with van der Waals surface area (Å²) in [6, 6.07) is 9.46. The topological polar surface area (TPSA) is 90.4 Å². The molecule has 1 atom stereocenters. The molecule has 0 fully saturated rings. The normalized spacial score (nSPS) is 14.6. The monoisotopic (exact) mass is 178 g/mol. The van der Waals surface area contributed by atoms with Crippen LogP contribution in [0.4, 0.5) is 0 Å². The van der Waals surface area contributed by atoms with Gasteiger partial charge in [0.05, 0.1) is 0 Å². The third kappa shape index (κ3) is 2.45. The summed E-state index contributed by atoms with van der Waals surface area (Å²) in [4.78, 5) is 3.93. The van der Waals surface area contributed by atoms with Gasteiger partial charge in [-0.1, -0.05) is 30.3 Å². The number of hydrogen-bond acceptors (Lipinski definition) is 2. The van der Waals surface area contributed by atoms with Crippen molar-refractivity contribution in [3.05, 3.63) is 35.9 Å². The number of aliphatic imine (C=N–C) groups is 1. The highest BCUT2D eigenvalue weighted by atomic mass is 15.1. The average molecular weight is 178 g/mol. The largest absolute Gasteiger partial charge is 0.370 e. The smallest absolute Gasteiger partial charge is 0.188 e. The van der Waals surface area contributed by atoms with Crippen LogP contribution in [0.25, 0.3) is 0 Å². The predicted octanol–water partition coefficient (Wildman–Crippen LogP) is 0.0914. The second-order valence-electron chi connectivity index (χ2n) is 3.05. The van der Waals surface area contributed by atoms with Crippen LogP contribution in [0.2, 0.25) is 0 Å². The van der Waals surface area contributed by atoms with Crippen LogP contribution in [0.5, 0.6) is 0 Å². The molecule has 4 heteroatoms. The van der Waals surface area contributed by atoms with Crippen LogP contribution >= 0.6 is 0 Å². The van der Waals surface area contributed by atoms with Crippen molar-refractivity contribution in [3.8, 4) is 0 Å². The summed E-state index contributed by atoms with van der Waals surface area (Å²) in [6.45, 7) is 1.75. The number of nitrogens with zero attached hydrogens (tertiary/aromatic N) is 1. The summed E-state index contributed by atoms with van der Waals surface area (Å²) in [5.74, 6) is -0.00569. The van der Waals surface area contributed by atoms with Crippen LogP contribution in [-0.4, -0.2) is 5.96 Å². The first kappa shape index (κ1) is 9.54. The van der Waals surface area contributed by atoms with Crippen molar-refractivity contribution in [2.45, 2.75) is 12.6 Å². The minimum absolute atomic E-state index is 0.00569. The van der Waals surface area contributed by atoms with E-state index in [1.807, 2.05) is 30.3 Å². The fourth-order valence-electron chi connectivity index (χ4n) is 1.11. The molecule has 1 aromatic carbocycles. The van der Waals surface area contributed by atoms with Gasteiger partial charge in [-0.15, -0.1) is 0 Å². The maximum Gasteiger partial charge on any atom is 0.188 e. The molecule has 0 aromatic heterocycles. The molecule has 0 amide bonds. The average Bonchev–Trinajstić information content (AvgIpc) is 2.04. The van der Waals surface area contributed by atoms with Gasteiger partial charge in [0.25, 0.3) is 0 Å². The quantitative estimate of drug-likeness (QED) is 0.443. The first-order chi connectivity index (χ1) is 6.02. The Morgan fingerprint density at radius 2 is 1.77 bits per heavy atom. The Morgan fingerprint density at radius 3 is 2.23 bits per heavy atom. The van der Waals surface area contributed by atoms with Gasteiger partial charge in [-0.3, -0.25) is 0 Å². The van der Waals surface area contributed by atoms with E-state index in [2.05, 4.69) is 4.99 Å². The summed E-state index contributed by atoms with van der Waals surface area (Å²) in [7, 11) is 0. The molecule has 0 spiro atoms. The first-order valence-corrected chi connectivity index (χ1v) is 3.97. The van der Waals surface area contributed by atoms with E-state index in [9.17, 15) is 0 Å². The standard InChI is InChI=1S/C9H14N4/c1-9(12,13-8(10)11)7-5-3-2-4-6-7/h2-6H,12H2,1H3,(H4,10,11,13). The third-order valence-electron chi connectivity index (χ3n) is 1.72. The Morgan fingerprint density at radius 1 is 1.23 bits per heavy atom. The lowest BCUT2D eigenvalue weighted by atomic mass is 10.0. The Balaban J connectivity index is 3.01. The molecular formula is C9H14N4. The van der Waals surface area contributed by atoms with Crippen molar-refractivity contribution >= 4 is 5.96 Å². The Hall–Kier alpha value is -1.55. The van der Waals surface area contributed by atoms with Crippen LogP contribution in [-0.2, 0) is 5.66 Å². The molecule has 0 aliphatic rings. The second kappa shape index (κ2) is 3.45. The molecule has 0 aliphatic carbocycles. The van der Waals surface area contributed by atoms with Crippen LogP contribution < -0.4 is 17.2 Å². The van der Waals surface area contributed by atoms with E-state index in [0.29, 0.717) is 0 Å². The lowest BCUT2D eigenvalue weighted by Gasteiger charge is -2.20. The maximum absolute atomic E-state index is 5.89. The maximum atomic E-state index is 5.89. The molecule has 13 heavy (non-hydrogen) atoms. The molecule has 4 nitrogen and oxygen atoms in total. The molecule has 1 unspecified atom stereocenters. The zero-order valence-corrected chi connectivity index (χ0v) is 7.57. The molecule has 0 heterocycles. The number of rotatable bonds is 2. The van der Waals surface area contributed by atoms with Crippen molar-refractivity contribution in [2.24, 2.45) is 22.2 Å². The molecular weight excluding hydrogens is 164 g/mol. The van der Waals surface area contributed by atoms with E-state index in [1.54, 1.807) is 6.92 Å². The number of nitrogens with two attached hydrogens (primary N) is 3. The lowest BCUT2D eigenvalue weighted by molar-refractivity contribution is 0.523. The molecule has 6 N–H and O–H groups in total. The van der Waals surface area contributed by atoms with Gasteiger partial charge in [0.1, 0.15) is 5.66 Å². The van der Waals surface area contributed by atoms with Gasteiger partial charge in [-0.25, -0.2) is 4.99 Å². The predicted molar refractivity (Wildman–Crippen MR) is 53.8 cm³/mol. The zero-order chi connectivity index (χ0) is 9.90. The number of guanidine groups is 1. The fourth-order valence-corrected chi connectivity index (χ4v) is 1.11. The van der Waals surface area contributed by atoms with Crippen molar-refractivity contribution in [1.82, 2.24) is 0 Å². The zero-order valence-electron chi connectivity index (χ0n) is 7.57. The molecule has 0 saturated carbocycles. The van der Waals surface area contributed by atoms with Crippen LogP contribution in [0, 0.1) is 0 Å². The molecule has 0 saturated heterocycles. The van der Waals surface area contributed by atoms with Gasteiger partial charge in [-0.2, -0.15) is 0 Å². The molecule has 0 radical (unpaired) electrons. The van der Waals surface area contributed by atoms with Gasteiger partial charge in [0, 0.05) is 0 Å². The third-order valence-corrected chi connectivity index (χ3v) is 1.72. The summed E-state index contributed by atoms with van der Waals surface area (Å²) in [5, 5.41) is 0. The van der Waals surface area contributed by atoms with Crippen molar-refractivity contribution < 1.29 is 0 Å². The summed E-state index contributed by atoms with van der Waals surface area (Å²) < 4.78 is 0. The van der Waals surface area contributed by atoms with Gasteiger partial charge < -0.3 is 17.2 Å². The van der Waals surface area contributed by atoms with Gasteiger partial charge in [-0.05, 0) is 12.5 Å². The van der Waals surface area contributed by atoms with E-state index >= 15 is 0 Å². The highest BCUT2D eigenvalue weighted by molar-refractivity contribution is 5.76. The Labute approximate surface area is 77.4 Å². The van der Waals surface area contributed by atoms with Crippen LogP contribution in [0.1, 0.15) is 12.5 Å². The SMILES string of the molecule is CC(N)(N=C(N)N)c1ccccc1. The summed E-state index contributed by atoms with van der Waals surface area (Å²) >= 11 is 0. The fraction of sp³-hybridized carbons (Fsp3) is 0.222. The minimum Gasteiger partial charge on any atom is -0.370 e. The molecule has 1 aromatic rings. The Bertz CT molecular complexity index is 299. The summed E-state index contributed by atoms with van der Waals surface area (Å²) in [6.07, 6.45) is 0. The minimum atomic E-state index is -0.847. The number of hydrogen-bond donors (Lipinski definition) is 3. The lowest BCUT2D eigenvalue weighted by Crippen LogP contribution is -2.36. The van der Waals surface area contributed by atoms with Crippen molar-refractivity contribution in [3.63, 3.8) is 0 Å². The van der Waals surface area contributed by atoms with E-state index in [0.717, 1.165) is 5.56 Å². The van der Waals surface area contributed by atoms with E-state index < -0.39 is 5.66 Å². The van der Waals surface area contributed by atoms with Gasteiger partial charge in [0.2, 0.25) is 0 Å². The van der Waals surface area contributed by atoms with Crippen molar-refractivity contribution in [1.29, 1.82) is 0 Å². The Kier molecular flexibility index (Phi) is 2.53. The van der Waals surface area contributed by atoms with Gasteiger partial charge >= 0.3 is 0 Å². The molecule has 0 aliphatic heterocycles. The highest BCUT2D eigenvalue weighted by Crippen LogP contribution is 2.17. The number of benzene rings is 1. The van der Waals surface area contributed by atoms with E-state index in [1.165, 1.54) is 0 Å². The molecule has 0 bridgehead atoms. The van der Waals surface area contributed by atoms with Crippen molar-refractivity contribution in [2.75, 3.05) is 0 Å². The molecule has 1 rings (SSSR count). The van der Waals surface area contributed by atoms with Gasteiger partial charge in [0.15, 0.2) is 5.96 Å². The van der Waals surface area contributed by atoms with Crippen LogP contribution in [0.15, 0.2) is 35.3 Å².